The lowest BCUT2D eigenvalue weighted by atomic mass is 10.0. The van der Waals surface area contributed by atoms with Gasteiger partial charge in [-0.15, -0.1) is 0 Å². The Morgan fingerprint density at radius 3 is 1.55 bits per heavy atom. The zero-order valence-electron chi connectivity index (χ0n) is 20.4. The topological polar surface area (TPSA) is 104 Å². The van der Waals surface area contributed by atoms with Gasteiger partial charge >= 0.3 is 11.9 Å². The minimum absolute atomic E-state index is 0.0314. The number of anilines is 1. The molecule has 0 unspecified atom stereocenters. The van der Waals surface area contributed by atoms with E-state index >= 15 is 0 Å². The van der Waals surface area contributed by atoms with E-state index in [0.29, 0.717) is 6.42 Å². The van der Waals surface area contributed by atoms with Crippen molar-refractivity contribution in [1.29, 1.82) is 0 Å². The summed E-state index contributed by atoms with van der Waals surface area (Å²) in [6.07, 6.45) is 20.5. The van der Waals surface area contributed by atoms with Gasteiger partial charge in [-0.3, -0.25) is 4.79 Å². The number of hydrogen-bond acceptors (Lipinski definition) is 3. The molecule has 0 radical (unpaired) electrons. The average Bonchev–Trinajstić information content (AvgIpc) is 2.78. The van der Waals surface area contributed by atoms with Crippen LogP contribution in [0.5, 0.6) is 0 Å². The molecule has 1 rings (SSSR count). The number of carboxylic acids is 2. The molecule has 0 aliphatic rings. The first-order valence-corrected chi connectivity index (χ1v) is 12.9. The number of carbonyl (C=O) groups excluding carboxylic acids is 1. The van der Waals surface area contributed by atoms with Crippen molar-refractivity contribution in [3.8, 4) is 0 Å². The molecule has 0 fully saturated rings. The third-order valence-electron chi connectivity index (χ3n) is 6.04. The van der Waals surface area contributed by atoms with Gasteiger partial charge in [-0.25, -0.2) is 9.59 Å². The monoisotopic (exact) mass is 461 g/mol. The molecule has 186 valence electrons. The predicted octanol–water partition coefficient (Wildman–Crippen LogP) is 7.67. The Kier molecular flexibility index (Phi) is 15.7. The number of benzene rings is 1. The van der Waals surface area contributed by atoms with E-state index in [1.165, 1.54) is 102 Å². The van der Waals surface area contributed by atoms with E-state index in [2.05, 4.69) is 12.2 Å². The molecule has 0 aromatic heterocycles. The highest BCUT2D eigenvalue weighted by atomic mass is 16.4. The SMILES string of the molecule is CCCCCCCCCCCCCCCCCCC(=O)Nc1cccc(C(=O)O)c1C(=O)O. The molecule has 33 heavy (non-hydrogen) atoms. The number of hydrogen-bond donors (Lipinski definition) is 3. The van der Waals surface area contributed by atoms with Crippen LogP contribution in [0.15, 0.2) is 18.2 Å². The van der Waals surface area contributed by atoms with Crippen molar-refractivity contribution in [2.24, 2.45) is 0 Å². The summed E-state index contributed by atoms with van der Waals surface area (Å²) in [6.45, 7) is 2.26. The molecule has 0 saturated heterocycles. The lowest BCUT2D eigenvalue weighted by Crippen LogP contribution is -2.17. The number of carbonyl (C=O) groups is 3. The van der Waals surface area contributed by atoms with Crippen molar-refractivity contribution in [2.45, 2.75) is 116 Å². The van der Waals surface area contributed by atoms with Gasteiger partial charge < -0.3 is 15.5 Å². The highest BCUT2D eigenvalue weighted by molar-refractivity contribution is 6.08. The summed E-state index contributed by atoms with van der Waals surface area (Å²) in [5.41, 5.74) is -0.683. The second-order valence-electron chi connectivity index (χ2n) is 8.94. The van der Waals surface area contributed by atoms with E-state index < -0.39 is 11.9 Å². The van der Waals surface area contributed by atoms with E-state index in [1.807, 2.05) is 0 Å². The summed E-state index contributed by atoms with van der Waals surface area (Å²) in [5, 5.41) is 21.0. The third kappa shape index (κ3) is 13.1. The van der Waals surface area contributed by atoms with E-state index in [9.17, 15) is 19.5 Å². The fourth-order valence-corrected chi connectivity index (χ4v) is 4.11. The van der Waals surface area contributed by atoms with E-state index in [4.69, 9.17) is 5.11 Å². The fraction of sp³-hybridized carbons (Fsp3) is 0.667. The number of aromatic carboxylic acids is 2. The van der Waals surface area contributed by atoms with Crippen LogP contribution in [0.2, 0.25) is 0 Å². The van der Waals surface area contributed by atoms with Crippen LogP contribution in [0, 0.1) is 0 Å². The van der Waals surface area contributed by atoms with Gasteiger partial charge in [-0.05, 0) is 18.6 Å². The molecule has 0 aliphatic carbocycles. The molecule has 1 aromatic rings. The Balaban J connectivity index is 2.06. The number of unbranched alkanes of at least 4 members (excludes halogenated alkanes) is 15. The van der Waals surface area contributed by atoms with Crippen LogP contribution in [-0.4, -0.2) is 28.1 Å². The summed E-state index contributed by atoms with van der Waals surface area (Å²) < 4.78 is 0. The van der Waals surface area contributed by atoms with Gasteiger partial charge in [0.1, 0.15) is 0 Å². The van der Waals surface area contributed by atoms with Crippen LogP contribution in [0.4, 0.5) is 5.69 Å². The minimum atomic E-state index is -1.37. The predicted molar refractivity (Wildman–Crippen MR) is 133 cm³/mol. The standard InChI is InChI=1S/C27H43NO5/c1-2-3-4-5-6-7-8-9-10-11-12-13-14-15-16-17-21-24(29)28-23-20-18-19-22(26(30)31)25(23)27(32)33/h18-20H,2-17,21H2,1H3,(H,28,29)(H,30,31)(H,32,33). The minimum Gasteiger partial charge on any atom is -0.478 e. The molecule has 6 heteroatoms. The zero-order valence-corrected chi connectivity index (χ0v) is 20.4. The molecule has 0 bridgehead atoms. The fourth-order valence-electron chi connectivity index (χ4n) is 4.11. The highest BCUT2D eigenvalue weighted by Crippen LogP contribution is 2.21. The van der Waals surface area contributed by atoms with Crippen molar-refractivity contribution >= 4 is 23.5 Å². The summed E-state index contributed by atoms with van der Waals surface area (Å²) in [5.74, 6) is -2.99. The van der Waals surface area contributed by atoms with Crippen LogP contribution in [0.3, 0.4) is 0 Å². The molecule has 0 heterocycles. The molecule has 1 aromatic carbocycles. The number of nitrogens with one attached hydrogen (secondary N) is 1. The van der Waals surface area contributed by atoms with Gasteiger partial charge in [0.25, 0.3) is 0 Å². The molecule has 0 saturated carbocycles. The maximum absolute atomic E-state index is 12.2. The number of carboxylic acid groups (broad SMARTS) is 2. The smallest absolute Gasteiger partial charge is 0.338 e. The van der Waals surface area contributed by atoms with Crippen LogP contribution in [-0.2, 0) is 4.79 Å². The molecule has 0 spiro atoms. The Morgan fingerprint density at radius 1 is 0.667 bits per heavy atom. The maximum Gasteiger partial charge on any atom is 0.338 e. The Hall–Kier alpha value is -2.37. The molecular formula is C27H43NO5. The normalized spacial score (nSPS) is 10.8. The average molecular weight is 462 g/mol. The van der Waals surface area contributed by atoms with Gasteiger partial charge in [0.05, 0.1) is 16.8 Å². The molecule has 0 atom stereocenters. The first-order chi connectivity index (χ1) is 16.0. The molecule has 0 aliphatic heterocycles. The maximum atomic E-state index is 12.2. The van der Waals surface area contributed by atoms with Crippen LogP contribution in [0.25, 0.3) is 0 Å². The van der Waals surface area contributed by atoms with Gasteiger partial charge in [0.15, 0.2) is 0 Å². The quantitative estimate of drug-likeness (QED) is 0.173. The van der Waals surface area contributed by atoms with Crippen LogP contribution >= 0.6 is 0 Å². The first-order valence-electron chi connectivity index (χ1n) is 12.9. The summed E-state index contributed by atoms with van der Waals surface area (Å²) in [4.78, 5) is 34.8. The lowest BCUT2D eigenvalue weighted by molar-refractivity contribution is -0.116. The van der Waals surface area contributed by atoms with E-state index in [-0.39, 0.29) is 22.7 Å². The van der Waals surface area contributed by atoms with E-state index in [1.54, 1.807) is 0 Å². The van der Waals surface area contributed by atoms with Gasteiger partial charge in [-0.1, -0.05) is 109 Å². The molecule has 3 N–H and O–H groups in total. The third-order valence-corrected chi connectivity index (χ3v) is 6.04. The van der Waals surface area contributed by atoms with Crippen molar-refractivity contribution < 1.29 is 24.6 Å². The summed E-state index contributed by atoms with van der Waals surface area (Å²) in [7, 11) is 0. The summed E-state index contributed by atoms with van der Waals surface area (Å²) >= 11 is 0. The molecule has 1 amide bonds. The van der Waals surface area contributed by atoms with E-state index in [0.717, 1.165) is 19.3 Å². The Bertz CT molecular complexity index is 716. The molecule has 6 nitrogen and oxygen atoms in total. The largest absolute Gasteiger partial charge is 0.478 e. The second-order valence-corrected chi connectivity index (χ2v) is 8.94. The zero-order chi connectivity index (χ0) is 24.3. The van der Waals surface area contributed by atoms with Crippen molar-refractivity contribution in [1.82, 2.24) is 0 Å². The molecular weight excluding hydrogens is 418 g/mol. The number of rotatable bonds is 20. The van der Waals surface area contributed by atoms with Crippen LogP contribution in [0.1, 0.15) is 137 Å². The lowest BCUT2D eigenvalue weighted by Gasteiger charge is -2.10. The summed E-state index contributed by atoms with van der Waals surface area (Å²) in [6, 6.07) is 4.07. The van der Waals surface area contributed by atoms with Crippen LogP contribution < -0.4 is 5.32 Å². The Labute approximate surface area is 199 Å². The van der Waals surface area contributed by atoms with Gasteiger partial charge in [-0.2, -0.15) is 0 Å². The number of amides is 1. The van der Waals surface area contributed by atoms with Gasteiger partial charge in [0.2, 0.25) is 5.91 Å². The first kappa shape index (κ1) is 28.7. The van der Waals surface area contributed by atoms with Gasteiger partial charge in [0, 0.05) is 6.42 Å². The van der Waals surface area contributed by atoms with Crippen molar-refractivity contribution in [3.05, 3.63) is 29.3 Å². The van der Waals surface area contributed by atoms with Crippen molar-refractivity contribution in [3.63, 3.8) is 0 Å². The second kappa shape index (κ2) is 18.1. The van der Waals surface area contributed by atoms with Crippen molar-refractivity contribution in [2.75, 3.05) is 5.32 Å². The Morgan fingerprint density at radius 2 is 1.12 bits per heavy atom. The highest BCUT2D eigenvalue weighted by Gasteiger charge is 2.20.